The summed E-state index contributed by atoms with van der Waals surface area (Å²) in [6.07, 6.45) is 6.41. The first kappa shape index (κ1) is 19.8. The summed E-state index contributed by atoms with van der Waals surface area (Å²) in [5, 5.41) is 0. The van der Waals surface area contributed by atoms with Gasteiger partial charge in [-0.3, -0.25) is 9.29 Å². The van der Waals surface area contributed by atoms with Crippen LogP contribution in [0.5, 0.6) is 23.1 Å². The lowest BCUT2D eigenvalue weighted by atomic mass is 10.3. The van der Waals surface area contributed by atoms with Crippen molar-refractivity contribution in [3.05, 3.63) is 73.6 Å². The van der Waals surface area contributed by atoms with E-state index in [1.54, 1.807) is 59.7 Å². The Labute approximate surface area is 183 Å². The van der Waals surface area contributed by atoms with Crippen molar-refractivity contribution in [2.75, 3.05) is 17.9 Å². The van der Waals surface area contributed by atoms with Crippen LogP contribution in [0.4, 0.5) is 5.69 Å². The van der Waals surface area contributed by atoms with Gasteiger partial charge in [-0.25, -0.2) is 23.4 Å². The van der Waals surface area contributed by atoms with Gasteiger partial charge in [0, 0.05) is 30.2 Å². The Morgan fingerprint density at radius 1 is 0.969 bits per heavy atom. The average molecular weight is 451 g/mol. The van der Waals surface area contributed by atoms with Gasteiger partial charge in [-0.05, 0) is 36.4 Å². The number of fused-ring (bicyclic) bond motifs is 1. The van der Waals surface area contributed by atoms with Crippen LogP contribution in [0.1, 0.15) is 0 Å². The lowest BCUT2D eigenvalue weighted by molar-refractivity contribution is 0.171. The van der Waals surface area contributed by atoms with Gasteiger partial charge in [-0.2, -0.15) is 0 Å². The van der Waals surface area contributed by atoms with E-state index in [-0.39, 0.29) is 4.90 Å². The van der Waals surface area contributed by atoms with E-state index in [1.165, 1.54) is 18.5 Å². The number of sulfonamides is 1. The summed E-state index contributed by atoms with van der Waals surface area (Å²) in [6, 6.07) is 12.6. The molecular formula is C21H17N5O5S. The highest BCUT2D eigenvalue weighted by molar-refractivity contribution is 7.92. The van der Waals surface area contributed by atoms with Gasteiger partial charge in [-0.15, -0.1) is 0 Å². The highest BCUT2D eigenvalue weighted by Gasteiger charge is 2.19. The van der Waals surface area contributed by atoms with Gasteiger partial charge >= 0.3 is 0 Å². The Morgan fingerprint density at radius 2 is 1.78 bits per heavy atom. The Bertz CT molecular complexity index is 1340. The molecule has 1 N–H and O–H groups in total. The number of rotatable bonds is 6. The summed E-state index contributed by atoms with van der Waals surface area (Å²) in [4.78, 5) is 12.3. The molecule has 10 nitrogen and oxygen atoms in total. The second-order valence-corrected chi connectivity index (χ2v) is 8.40. The van der Waals surface area contributed by atoms with Crippen molar-refractivity contribution >= 4 is 15.7 Å². The molecule has 0 saturated carbocycles. The van der Waals surface area contributed by atoms with E-state index >= 15 is 0 Å². The molecule has 162 valence electrons. The Hall–Kier alpha value is -4.12. The van der Waals surface area contributed by atoms with Crippen LogP contribution in [-0.4, -0.2) is 41.2 Å². The average Bonchev–Trinajstić information content (AvgIpc) is 3.35. The first-order chi connectivity index (χ1) is 15.6. The highest BCUT2D eigenvalue weighted by Crippen LogP contribution is 2.33. The summed E-state index contributed by atoms with van der Waals surface area (Å²) in [5.41, 5.74) is 0.383. The lowest BCUT2D eigenvalue weighted by Gasteiger charge is -2.19. The summed E-state index contributed by atoms with van der Waals surface area (Å²) in [5.74, 6) is 2.37. The van der Waals surface area contributed by atoms with E-state index in [1.807, 2.05) is 0 Å². The van der Waals surface area contributed by atoms with Crippen LogP contribution in [0.2, 0.25) is 0 Å². The maximum atomic E-state index is 12.8. The number of hydrogen-bond donors (Lipinski definition) is 1. The van der Waals surface area contributed by atoms with Gasteiger partial charge in [0.25, 0.3) is 10.0 Å². The molecule has 4 aromatic rings. The minimum atomic E-state index is -3.80. The smallest absolute Gasteiger partial charge is 0.262 e. The van der Waals surface area contributed by atoms with E-state index in [4.69, 9.17) is 14.2 Å². The molecule has 0 bridgehead atoms. The van der Waals surface area contributed by atoms with E-state index in [2.05, 4.69) is 19.7 Å². The van der Waals surface area contributed by atoms with E-state index in [0.29, 0.717) is 47.8 Å². The number of aromatic nitrogens is 4. The molecule has 0 radical (unpaired) electrons. The molecule has 0 amide bonds. The summed E-state index contributed by atoms with van der Waals surface area (Å²) >= 11 is 0. The topological polar surface area (TPSA) is 117 Å². The third kappa shape index (κ3) is 4.18. The molecule has 11 heteroatoms. The van der Waals surface area contributed by atoms with Crippen LogP contribution >= 0.6 is 0 Å². The predicted molar refractivity (Wildman–Crippen MR) is 114 cm³/mol. The molecular weight excluding hydrogens is 434 g/mol. The standard InChI is InChI=1S/C21H17N5O5S/c27-32(28,17-5-6-18-19(11-17)30-10-9-29-18)25-15-1-3-16(4-2-15)31-21-12-20(23-13-24-21)26-8-7-22-14-26/h1-8,11-14,25H,9-10H2. The van der Waals surface area contributed by atoms with Crippen molar-refractivity contribution in [2.24, 2.45) is 0 Å². The van der Waals surface area contributed by atoms with Crippen molar-refractivity contribution in [3.63, 3.8) is 0 Å². The number of nitrogens with one attached hydrogen (secondary N) is 1. The zero-order valence-electron chi connectivity index (χ0n) is 16.6. The van der Waals surface area contributed by atoms with Crippen LogP contribution in [0.25, 0.3) is 5.82 Å². The fraction of sp³-hybridized carbons (Fsp3) is 0.0952. The Balaban J connectivity index is 1.29. The normalized spacial score (nSPS) is 12.9. The molecule has 0 aliphatic carbocycles. The fourth-order valence-corrected chi connectivity index (χ4v) is 4.11. The van der Waals surface area contributed by atoms with Crippen molar-refractivity contribution in [1.82, 2.24) is 19.5 Å². The quantitative estimate of drug-likeness (QED) is 0.475. The fourth-order valence-electron chi connectivity index (χ4n) is 3.04. The number of benzene rings is 2. The second kappa shape index (κ2) is 8.19. The SMILES string of the molecule is O=S(=O)(Nc1ccc(Oc2cc(-n3ccnc3)ncn2)cc1)c1ccc2c(c1)OCCO2. The van der Waals surface area contributed by atoms with Crippen molar-refractivity contribution in [3.8, 4) is 28.9 Å². The Kier molecular flexibility index (Phi) is 5.07. The van der Waals surface area contributed by atoms with Gasteiger partial charge in [-0.1, -0.05) is 0 Å². The van der Waals surface area contributed by atoms with E-state index < -0.39 is 10.0 Å². The van der Waals surface area contributed by atoms with Crippen molar-refractivity contribution in [1.29, 1.82) is 0 Å². The maximum absolute atomic E-state index is 12.8. The largest absolute Gasteiger partial charge is 0.486 e. The van der Waals surface area contributed by atoms with Crippen LogP contribution in [-0.2, 0) is 10.0 Å². The van der Waals surface area contributed by atoms with Crippen LogP contribution in [0.3, 0.4) is 0 Å². The highest BCUT2D eigenvalue weighted by atomic mass is 32.2. The lowest BCUT2D eigenvalue weighted by Crippen LogP contribution is -2.17. The number of ether oxygens (including phenoxy) is 3. The van der Waals surface area contributed by atoms with Crippen molar-refractivity contribution < 1.29 is 22.6 Å². The molecule has 32 heavy (non-hydrogen) atoms. The molecule has 1 aliphatic rings. The van der Waals surface area contributed by atoms with Gasteiger partial charge in [0.2, 0.25) is 5.88 Å². The number of anilines is 1. The summed E-state index contributed by atoms with van der Waals surface area (Å²) in [6.45, 7) is 0.813. The number of hydrogen-bond acceptors (Lipinski definition) is 8. The number of nitrogens with zero attached hydrogens (tertiary/aromatic N) is 4. The molecule has 3 heterocycles. The predicted octanol–water partition coefficient (Wildman–Crippen LogP) is 3.03. The first-order valence-electron chi connectivity index (χ1n) is 9.58. The molecule has 1 aliphatic heterocycles. The van der Waals surface area contributed by atoms with Gasteiger partial charge in [0.15, 0.2) is 11.5 Å². The minimum absolute atomic E-state index is 0.0788. The summed E-state index contributed by atoms with van der Waals surface area (Å²) in [7, 11) is -3.80. The van der Waals surface area contributed by atoms with Crippen molar-refractivity contribution in [2.45, 2.75) is 4.90 Å². The summed E-state index contributed by atoms with van der Waals surface area (Å²) < 4.78 is 46.4. The molecule has 0 atom stereocenters. The molecule has 0 saturated heterocycles. The molecule has 2 aromatic carbocycles. The zero-order chi connectivity index (χ0) is 22.0. The number of imidazole rings is 1. The Morgan fingerprint density at radius 3 is 2.56 bits per heavy atom. The maximum Gasteiger partial charge on any atom is 0.262 e. The van der Waals surface area contributed by atoms with Gasteiger partial charge < -0.3 is 14.2 Å². The minimum Gasteiger partial charge on any atom is -0.486 e. The molecule has 0 fully saturated rings. The molecule has 2 aromatic heterocycles. The monoisotopic (exact) mass is 451 g/mol. The molecule has 0 spiro atoms. The van der Waals surface area contributed by atoms with Crippen LogP contribution < -0.4 is 18.9 Å². The van der Waals surface area contributed by atoms with Gasteiger partial charge in [0.05, 0.1) is 4.90 Å². The zero-order valence-corrected chi connectivity index (χ0v) is 17.4. The van der Waals surface area contributed by atoms with Gasteiger partial charge in [0.1, 0.15) is 37.4 Å². The first-order valence-corrected chi connectivity index (χ1v) is 11.1. The van der Waals surface area contributed by atoms with E-state index in [0.717, 1.165) is 0 Å². The molecule has 5 rings (SSSR count). The molecule has 0 unspecified atom stereocenters. The van der Waals surface area contributed by atoms with Crippen LogP contribution in [0.15, 0.2) is 78.5 Å². The third-order valence-electron chi connectivity index (χ3n) is 4.55. The third-order valence-corrected chi connectivity index (χ3v) is 5.93. The van der Waals surface area contributed by atoms with Crippen LogP contribution in [0, 0.1) is 0 Å². The second-order valence-electron chi connectivity index (χ2n) is 6.72. The van der Waals surface area contributed by atoms with E-state index in [9.17, 15) is 8.42 Å².